The SMILES string of the molecule is Cc1cc2c(c(=O)o1)[C@H](c1ccc(OC(C)C)cc1)CC(=O)O2. The van der Waals surface area contributed by atoms with Crippen molar-refractivity contribution in [1.29, 1.82) is 0 Å². The van der Waals surface area contributed by atoms with Gasteiger partial charge in [-0.15, -0.1) is 0 Å². The topological polar surface area (TPSA) is 65.7 Å². The number of benzene rings is 1. The number of carbonyl (C=O) groups is 1. The first-order valence-electron chi connectivity index (χ1n) is 7.56. The molecule has 3 rings (SSSR count). The van der Waals surface area contributed by atoms with E-state index in [9.17, 15) is 9.59 Å². The van der Waals surface area contributed by atoms with Gasteiger partial charge in [0.2, 0.25) is 0 Å². The molecule has 0 saturated carbocycles. The van der Waals surface area contributed by atoms with E-state index in [0.717, 1.165) is 11.3 Å². The normalized spacial score (nSPS) is 16.9. The molecular formula is C18H18O5. The van der Waals surface area contributed by atoms with Crippen LogP contribution >= 0.6 is 0 Å². The van der Waals surface area contributed by atoms with Crippen molar-refractivity contribution in [3.63, 3.8) is 0 Å². The number of hydrogen-bond acceptors (Lipinski definition) is 5. The average Bonchev–Trinajstić information content (AvgIpc) is 2.45. The van der Waals surface area contributed by atoms with Crippen molar-refractivity contribution in [3.8, 4) is 11.5 Å². The fourth-order valence-corrected chi connectivity index (χ4v) is 2.76. The molecule has 1 aliphatic heterocycles. The zero-order chi connectivity index (χ0) is 16.6. The summed E-state index contributed by atoms with van der Waals surface area (Å²) in [6.07, 6.45) is 0.201. The predicted molar refractivity (Wildman–Crippen MR) is 84.0 cm³/mol. The lowest BCUT2D eigenvalue weighted by atomic mass is 9.87. The molecule has 5 heteroatoms. The highest BCUT2D eigenvalue weighted by molar-refractivity contribution is 5.77. The molecule has 1 aliphatic rings. The molecule has 5 nitrogen and oxygen atoms in total. The lowest BCUT2D eigenvalue weighted by molar-refractivity contribution is -0.135. The molecule has 2 aromatic rings. The molecule has 0 unspecified atom stereocenters. The number of ether oxygens (including phenoxy) is 2. The molecule has 0 fully saturated rings. The molecule has 0 aliphatic carbocycles. The van der Waals surface area contributed by atoms with E-state index in [4.69, 9.17) is 13.9 Å². The first-order chi connectivity index (χ1) is 10.9. The van der Waals surface area contributed by atoms with E-state index >= 15 is 0 Å². The lowest BCUT2D eigenvalue weighted by Crippen LogP contribution is -2.26. The molecule has 0 N–H and O–H groups in total. The van der Waals surface area contributed by atoms with Gasteiger partial charge in [0.05, 0.1) is 18.1 Å². The van der Waals surface area contributed by atoms with E-state index in [2.05, 4.69) is 0 Å². The van der Waals surface area contributed by atoms with Gasteiger partial charge in [-0.2, -0.15) is 0 Å². The maximum atomic E-state index is 12.2. The summed E-state index contributed by atoms with van der Waals surface area (Å²) in [6, 6.07) is 8.99. The molecule has 0 spiro atoms. The molecule has 0 amide bonds. The van der Waals surface area contributed by atoms with Gasteiger partial charge in [0.1, 0.15) is 17.3 Å². The Hall–Kier alpha value is -2.56. The van der Waals surface area contributed by atoms with Crippen LogP contribution in [0.3, 0.4) is 0 Å². The molecule has 1 atom stereocenters. The molecule has 120 valence electrons. The van der Waals surface area contributed by atoms with E-state index in [1.165, 1.54) is 0 Å². The van der Waals surface area contributed by atoms with Crippen LogP contribution in [-0.4, -0.2) is 12.1 Å². The summed E-state index contributed by atoms with van der Waals surface area (Å²) in [6.45, 7) is 5.56. The van der Waals surface area contributed by atoms with Crippen molar-refractivity contribution in [2.24, 2.45) is 0 Å². The number of hydrogen-bond donors (Lipinski definition) is 0. The van der Waals surface area contributed by atoms with Gasteiger partial charge in [0.25, 0.3) is 0 Å². The second kappa shape index (κ2) is 5.91. The van der Waals surface area contributed by atoms with Crippen LogP contribution in [0.4, 0.5) is 0 Å². The summed E-state index contributed by atoms with van der Waals surface area (Å²) in [5.74, 6) is 0.745. The van der Waals surface area contributed by atoms with Crippen LogP contribution in [0.15, 0.2) is 39.5 Å². The van der Waals surface area contributed by atoms with Gasteiger partial charge in [0, 0.05) is 12.0 Å². The Bertz CT molecular complexity index is 786. The third-order valence-corrected chi connectivity index (χ3v) is 3.67. The van der Waals surface area contributed by atoms with E-state index in [1.807, 2.05) is 38.1 Å². The average molecular weight is 314 g/mol. The third-order valence-electron chi connectivity index (χ3n) is 3.67. The molecule has 23 heavy (non-hydrogen) atoms. The van der Waals surface area contributed by atoms with Crippen molar-refractivity contribution in [3.05, 3.63) is 57.6 Å². The first-order valence-corrected chi connectivity index (χ1v) is 7.56. The van der Waals surface area contributed by atoms with Crippen LogP contribution in [0.25, 0.3) is 0 Å². The molecule has 1 aromatic heterocycles. The number of carbonyl (C=O) groups excluding carboxylic acids is 1. The van der Waals surface area contributed by atoms with E-state index in [-0.39, 0.29) is 24.4 Å². The van der Waals surface area contributed by atoms with Crippen LogP contribution in [0, 0.1) is 6.92 Å². The second-order valence-electron chi connectivity index (χ2n) is 5.89. The fraction of sp³-hybridized carbons (Fsp3) is 0.333. The van der Waals surface area contributed by atoms with Crippen LogP contribution < -0.4 is 15.1 Å². The van der Waals surface area contributed by atoms with E-state index in [1.54, 1.807) is 13.0 Å². The number of rotatable bonds is 3. The Morgan fingerprint density at radius 3 is 2.52 bits per heavy atom. The molecule has 0 saturated heterocycles. The quantitative estimate of drug-likeness (QED) is 0.814. The monoisotopic (exact) mass is 314 g/mol. The smallest absolute Gasteiger partial charge is 0.343 e. The van der Waals surface area contributed by atoms with Gasteiger partial charge in [0.15, 0.2) is 0 Å². The Morgan fingerprint density at radius 1 is 1.17 bits per heavy atom. The molecule has 0 radical (unpaired) electrons. The minimum Gasteiger partial charge on any atom is -0.491 e. The third kappa shape index (κ3) is 3.13. The van der Waals surface area contributed by atoms with Gasteiger partial charge < -0.3 is 13.9 Å². The summed E-state index contributed by atoms with van der Waals surface area (Å²) < 4.78 is 16.0. The van der Waals surface area contributed by atoms with Crippen LogP contribution in [0.2, 0.25) is 0 Å². The maximum absolute atomic E-state index is 12.2. The minimum absolute atomic E-state index is 0.0845. The van der Waals surface area contributed by atoms with E-state index < -0.39 is 5.63 Å². The van der Waals surface area contributed by atoms with Crippen molar-refractivity contribution < 1.29 is 18.7 Å². The lowest BCUT2D eigenvalue weighted by Gasteiger charge is -2.23. The standard InChI is InChI=1S/C18H18O5/c1-10(2)21-13-6-4-12(5-7-13)14-9-16(19)23-15-8-11(3)22-18(20)17(14)15/h4-8,10,14H,9H2,1-3H3/t14-/m0/s1. The summed E-state index contributed by atoms with van der Waals surface area (Å²) in [7, 11) is 0. The number of esters is 1. The zero-order valence-electron chi connectivity index (χ0n) is 13.3. The molecule has 1 aromatic carbocycles. The highest BCUT2D eigenvalue weighted by atomic mass is 16.5. The summed E-state index contributed by atoms with van der Waals surface area (Å²) >= 11 is 0. The molecule has 2 heterocycles. The Labute approximate surface area is 133 Å². The van der Waals surface area contributed by atoms with Crippen LogP contribution in [0.5, 0.6) is 11.5 Å². The van der Waals surface area contributed by atoms with Crippen molar-refractivity contribution in [2.75, 3.05) is 0 Å². The van der Waals surface area contributed by atoms with Gasteiger partial charge in [-0.25, -0.2) is 4.79 Å². The predicted octanol–water partition coefficient (Wildman–Crippen LogP) is 3.18. The second-order valence-corrected chi connectivity index (χ2v) is 5.89. The molecular weight excluding hydrogens is 296 g/mol. The van der Waals surface area contributed by atoms with Crippen molar-refractivity contribution >= 4 is 5.97 Å². The van der Waals surface area contributed by atoms with Gasteiger partial charge in [-0.05, 0) is 38.5 Å². The first kappa shape index (κ1) is 15.3. The Morgan fingerprint density at radius 2 is 1.87 bits per heavy atom. The summed E-state index contributed by atoms with van der Waals surface area (Å²) in [5, 5.41) is 0. The minimum atomic E-state index is -0.458. The zero-order valence-corrected chi connectivity index (χ0v) is 13.3. The molecule has 0 bridgehead atoms. The van der Waals surface area contributed by atoms with Crippen LogP contribution in [0.1, 0.15) is 43.1 Å². The van der Waals surface area contributed by atoms with E-state index in [0.29, 0.717) is 17.1 Å². The van der Waals surface area contributed by atoms with Gasteiger partial charge >= 0.3 is 11.6 Å². The highest BCUT2D eigenvalue weighted by Gasteiger charge is 2.32. The Balaban J connectivity index is 2.01. The number of fused-ring (bicyclic) bond motifs is 1. The Kier molecular flexibility index (Phi) is 3.94. The fourth-order valence-electron chi connectivity index (χ4n) is 2.76. The van der Waals surface area contributed by atoms with Gasteiger partial charge in [-0.3, -0.25) is 4.79 Å². The maximum Gasteiger partial charge on any atom is 0.343 e. The van der Waals surface area contributed by atoms with Crippen molar-refractivity contribution in [1.82, 2.24) is 0 Å². The van der Waals surface area contributed by atoms with Gasteiger partial charge in [-0.1, -0.05) is 12.1 Å². The largest absolute Gasteiger partial charge is 0.491 e. The highest BCUT2D eigenvalue weighted by Crippen LogP contribution is 2.37. The van der Waals surface area contributed by atoms with Crippen molar-refractivity contribution in [2.45, 2.75) is 39.2 Å². The van der Waals surface area contributed by atoms with Crippen LogP contribution in [-0.2, 0) is 4.79 Å². The number of aryl methyl sites for hydroxylation is 1. The summed E-state index contributed by atoms with van der Waals surface area (Å²) in [5.41, 5.74) is 0.794. The summed E-state index contributed by atoms with van der Waals surface area (Å²) in [4.78, 5) is 24.1.